The molecule has 0 unspecified atom stereocenters. The van der Waals surface area contributed by atoms with E-state index in [1.165, 1.54) is 0 Å². The Balaban J connectivity index is 1.89. The summed E-state index contributed by atoms with van der Waals surface area (Å²) in [5.41, 5.74) is 9.50. The molecule has 3 N–H and O–H groups in total. The molecule has 0 aliphatic rings. The van der Waals surface area contributed by atoms with Gasteiger partial charge in [0.1, 0.15) is 5.82 Å². The molecule has 0 aliphatic heterocycles. The Labute approximate surface area is 158 Å². The van der Waals surface area contributed by atoms with Crippen molar-refractivity contribution < 1.29 is 4.63 Å². The highest BCUT2D eigenvalue weighted by Crippen LogP contribution is 2.27. The van der Waals surface area contributed by atoms with Crippen molar-refractivity contribution in [3.05, 3.63) is 33.6 Å². The van der Waals surface area contributed by atoms with Crippen molar-refractivity contribution in [2.24, 2.45) is 5.41 Å². The first-order valence-electron chi connectivity index (χ1n) is 7.98. The fraction of sp³-hybridized carbons (Fsp3) is 0.353. The van der Waals surface area contributed by atoms with Gasteiger partial charge in [-0.15, -0.1) is 0 Å². The van der Waals surface area contributed by atoms with Crippen LogP contribution >= 0.6 is 15.9 Å². The Morgan fingerprint density at radius 2 is 2.08 bits per heavy atom. The Morgan fingerprint density at radius 1 is 1.31 bits per heavy atom. The van der Waals surface area contributed by atoms with Gasteiger partial charge in [-0.2, -0.15) is 5.26 Å². The summed E-state index contributed by atoms with van der Waals surface area (Å²) in [6.45, 7) is 6.09. The second-order valence-corrected chi connectivity index (χ2v) is 7.54. The predicted molar refractivity (Wildman–Crippen MR) is 101 cm³/mol. The van der Waals surface area contributed by atoms with Gasteiger partial charge in [-0.25, -0.2) is 14.6 Å². The number of aromatic nitrogens is 4. The molecule has 3 aromatic heterocycles. The van der Waals surface area contributed by atoms with Gasteiger partial charge in [0, 0.05) is 29.9 Å². The number of nitrogens with one attached hydrogen (secondary N) is 1. The third kappa shape index (κ3) is 3.60. The summed E-state index contributed by atoms with van der Waals surface area (Å²) in [5.74, 6) is 0.680. The molecule has 8 nitrogen and oxygen atoms in total. The van der Waals surface area contributed by atoms with Crippen LogP contribution in [0.25, 0.3) is 11.2 Å². The van der Waals surface area contributed by atoms with E-state index in [0.717, 1.165) is 21.4 Å². The molecule has 0 saturated carbocycles. The average Bonchev–Trinajstić information content (AvgIpc) is 3.07. The zero-order valence-electron chi connectivity index (χ0n) is 14.7. The maximum absolute atomic E-state index is 9.16. The summed E-state index contributed by atoms with van der Waals surface area (Å²) >= 11 is 3.49. The molecule has 0 bridgehead atoms. The molecule has 134 valence electrons. The second-order valence-electron chi connectivity index (χ2n) is 6.68. The highest BCUT2D eigenvalue weighted by atomic mass is 79.9. The number of halogens is 1. The van der Waals surface area contributed by atoms with Crippen LogP contribution in [0.4, 0.5) is 11.5 Å². The number of anilines is 2. The van der Waals surface area contributed by atoms with Gasteiger partial charge in [0.05, 0.1) is 21.6 Å². The minimum absolute atomic E-state index is 0.397. The van der Waals surface area contributed by atoms with Crippen LogP contribution in [0.5, 0.6) is 0 Å². The molecule has 3 rings (SSSR count). The fourth-order valence-electron chi connectivity index (χ4n) is 2.44. The quantitative estimate of drug-likeness (QED) is 0.649. The highest BCUT2D eigenvalue weighted by Gasteiger charge is 2.18. The van der Waals surface area contributed by atoms with Crippen LogP contribution in [-0.2, 0) is 6.42 Å². The second kappa shape index (κ2) is 6.88. The van der Waals surface area contributed by atoms with Gasteiger partial charge in [0.2, 0.25) is 5.65 Å². The van der Waals surface area contributed by atoms with Gasteiger partial charge >= 0.3 is 0 Å². The Hall–Kier alpha value is -2.73. The van der Waals surface area contributed by atoms with Gasteiger partial charge in [-0.1, -0.05) is 0 Å². The minimum atomic E-state index is -0.493. The maximum Gasteiger partial charge on any atom is 0.226 e. The lowest BCUT2D eigenvalue weighted by atomic mass is 9.96. The van der Waals surface area contributed by atoms with Crippen molar-refractivity contribution in [2.45, 2.75) is 27.2 Å². The minimum Gasteiger partial charge on any atom is -0.396 e. The number of pyridine rings is 2. The van der Waals surface area contributed by atoms with Crippen LogP contribution in [0, 0.1) is 23.7 Å². The maximum atomic E-state index is 9.16. The van der Waals surface area contributed by atoms with Crippen molar-refractivity contribution in [3.8, 4) is 6.07 Å². The molecule has 0 aliphatic carbocycles. The molecule has 0 amide bonds. The first-order chi connectivity index (χ1) is 12.3. The van der Waals surface area contributed by atoms with Crippen molar-refractivity contribution in [1.29, 1.82) is 5.26 Å². The number of aryl methyl sites for hydroxylation is 1. The normalized spacial score (nSPS) is 11.5. The molecule has 0 spiro atoms. The number of rotatable bonds is 5. The molecule has 9 heteroatoms. The molecule has 0 saturated heterocycles. The molecule has 0 fully saturated rings. The van der Waals surface area contributed by atoms with E-state index in [9.17, 15) is 0 Å². The topological polar surface area (TPSA) is 127 Å². The molecule has 3 aromatic rings. The third-order valence-electron chi connectivity index (χ3n) is 4.02. The molecule has 0 atom stereocenters. The third-order valence-corrected chi connectivity index (χ3v) is 4.66. The average molecular weight is 416 g/mol. The molecule has 0 radical (unpaired) electrons. The van der Waals surface area contributed by atoms with E-state index in [0.29, 0.717) is 35.6 Å². The summed E-state index contributed by atoms with van der Waals surface area (Å²) in [6.07, 6.45) is 0.497. The predicted octanol–water partition coefficient (Wildman–Crippen LogP) is 3.22. The van der Waals surface area contributed by atoms with E-state index in [4.69, 9.17) is 15.6 Å². The molecular formula is C17H18BrN7O. The van der Waals surface area contributed by atoms with Crippen molar-refractivity contribution in [1.82, 2.24) is 20.3 Å². The molecule has 26 heavy (non-hydrogen) atoms. The highest BCUT2D eigenvalue weighted by molar-refractivity contribution is 9.10. The van der Waals surface area contributed by atoms with Crippen LogP contribution in [0.2, 0.25) is 0 Å². The van der Waals surface area contributed by atoms with Crippen LogP contribution in [-0.4, -0.2) is 26.8 Å². The smallest absolute Gasteiger partial charge is 0.226 e. The number of nitrogens with zero attached hydrogens (tertiary/aromatic N) is 5. The lowest BCUT2D eigenvalue weighted by Gasteiger charge is -2.17. The van der Waals surface area contributed by atoms with Crippen molar-refractivity contribution in [3.63, 3.8) is 0 Å². The van der Waals surface area contributed by atoms with Gasteiger partial charge in [-0.3, -0.25) is 0 Å². The van der Waals surface area contributed by atoms with Gasteiger partial charge in [-0.05, 0) is 59.1 Å². The van der Waals surface area contributed by atoms with E-state index < -0.39 is 5.41 Å². The van der Waals surface area contributed by atoms with Crippen molar-refractivity contribution >= 4 is 38.6 Å². The van der Waals surface area contributed by atoms with E-state index >= 15 is 0 Å². The molecule has 3 heterocycles. The standard InChI is InChI=1S/C17H18BrN7O/c1-9-11(13(20)14-16(22-9)25-26-24-14)6-10-4-5-12(18)15(23-10)21-8-17(2,3)7-19/h4-5H,6,8,20H2,1-3H3,(H,21,23). The molecular weight excluding hydrogens is 398 g/mol. The van der Waals surface area contributed by atoms with Crippen LogP contribution in [0.15, 0.2) is 21.2 Å². The lowest BCUT2D eigenvalue weighted by molar-refractivity contribution is 0.315. The van der Waals surface area contributed by atoms with E-state index in [-0.39, 0.29) is 0 Å². The summed E-state index contributed by atoms with van der Waals surface area (Å²) in [6, 6.07) is 6.09. The number of hydrogen-bond donors (Lipinski definition) is 2. The van der Waals surface area contributed by atoms with Gasteiger partial charge in [0.15, 0.2) is 5.52 Å². The first-order valence-corrected chi connectivity index (χ1v) is 8.78. The van der Waals surface area contributed by atoms with E-state index in [2.05, 4.69) is 47.6 Å². The Bertz CT molecular complexity index is 1010. The van der Waals surface area contributed by atoms with E-state index in [1.807, 2.05) is 32.9 Å². The van der Waals surface area contributed by atoms with Gasteiger partial charge in [0.25, 0.3) is 0 Å². The number of nitrogens with two attached hydrogens (primary N) is 1. The van der Waals surface area contributed by atoms with Crippen molar-refractivity contribution in [2.75, 3.05) is 17.6 Å². The van der Waals surface area contributed by atoms with Gasteiger partial charge < -0.3 is 11.1 Å². The Kier molecular flexibility index (Phi) is 4.78. The summed E-state index contributed by atoms with van der Waals surface area (Å²) in [4.78, 5) is 9.02. The lowest BCUT2D eigenvalue weighted by Crippen LogP contribution is -2.21. The van der Waals surface area contributed by atoms with Crippen LogP contribution in [0.3, 0.4) is 0 Å². The zero-order valence-corrected chi connectivity index (χ0v) is 16.3. The van der Waals surface area contributed by atoms with E-state index in [1.54, 1.807) is 0 Å². The number of hydrogen-bond acceptors (Lipinski definition) is 8. The van der Waals surface area contributed by atoms with Crippen LogP contribution < -0.4 is 11.1 Å². The Morgan fingerprint density at radius 3 is 2.81 bits per heavy atom. The SMILES string of the molecule is Cc1nc2nonc2c(N)c1Cc1ccc(Br)c(NCC(C)(C)C#N)n1. The largest absolute Gasteiger partial charge is 0.396 e. The zero-order chi connectivity index (χ0) is 18.9. The molecule has 0 aromatic carbocycles. The van der Waals surface area contributed by atoms with Crippen LogP contribution in [0.1, 0.15) is 30.8 Å². The number of nitrogen functional groups attached to an aromatic ring is 1. The summed E-state index contributed by atoms with van der Waals surface area (Å²) < 4.78 is 5.54. The number of nitriles is 1. The fourth-order valence-corrected chi connectivity index (χ4v) is 2.81. The number of fused-ring (bicyclic) bond motifs is 1. The summed E-state index contributed by atoms with van der Waals surface area (Å²) in [5, 5.41) is 19.9. The first kappa shape index (κ1) is 18.1. The summed E-state index contributed by atoms with van der Waals surface area (Å²) in [7, 11) is 0. The monoisotopic (exact) mass is 415 g/mol.